The lowest BCUT2D eigenvalue weighted by Gasteiger charge is -2.34. The van der Waals surface area contributed by atoms with E-state index in [0.717, 1.165) is 0 Å². The minimum absolute atomic E-state index is 0.0452. The number of hydrogen-bond donors (Lipinski definition) is 0. The molecule has 0 spiro atoms. The fourth-order valence-corrected chi connectivity index (χ4v) is 2.57. The zero-order valence-corrected chi connectivity index (χ0v) is 11.9. The molecule has 21 heavy (non-hydrogen) atoms. The number of morpholine rings is 1. The zero-order valence-electron chi connectivity index (χ0n) is 11.9. The van der Waals surface area contributed by atoms with E-state index < -0.39 is 6.10 Å². The van der Waals surface area contributed by atoms with Crippen molar-refractivity contribution < 1.29 is 19.1 Å². The van der Waals surface area contributed by atoms with Crippen LogP contribution in [0.5, 0.6) is 5.75 Å². The molecule has 0 radical (unpaired) electrons. The minimum atomic E-state index is -0.572. The molecule has 0 aliphatic carbocycles. The lowest BCUT2D eigenvalue weighted by molar-refractivity contribution is -0.136. The normalized spacial score (nSPS) is 21.8. The van der Waals surface area contributed by atoms with Gasteiger partial charge in [0.05, 0.1) is 18.9 Å². The highest BCUT2D eigenvalue weighted by Crippen LogP contribution is 2.33. The van der Waals surface area contributed by atoms with Crippen LogP contribution < -0.4 is 9.64 Å². The molecule has 2 aliphatic rings. The van der Waals surface area contributed by atoms with Crippen LogP contribution in [0.15, 0.2) is 24.3 Å². The summed E-state index contributed by atoms with van der Waals surface area (Å²) >= 11 is 0. The molecule has 1 fully saturated rings. The Balaban J connectivity index is 1.80. The maximum Gasteiger partial charge on any atom is 0.268 e. The van der Waals surface area contributed by atoms with Gasteiger partial charge in [0, 0.05) is 13.1 Å². The molecule has 6 heteroatoms. The Morgan fingerprint density at radius 1 is 1.29 bits per heavy atom. The molecule has 0 N–H and O–H groups in total. The van der Waals surface area contributed by atoms with Crippen molar-refractivity contribution in [2.75, 3.05) is 37.7 Å². The third kappa shape index (κ3) is 2.71. The summed E-state index contributed by atoms with van der Waals surface area (Å²) in [6.07, 6.45) is -0.572. The lowest BCUT2D eigenvalue weighted by atomic mass is 10.2. The van der Waals surface area contributed by atoms with Crippen molar-refractivity contribution >= 4 is 17.5 Å². The van der Waals surface area contributed by atoms with Gasteiger partial charge in [0.1, 0.15) is 12.3 Å². The summed E-state index contributed by atoms with van der Waals surface area (Å²) in [5.41, 5.74) is 0.655. The van der Waals surface area contributed by atoms with E-state index >= 15 is 0 Å². The van der Waals surface area contributed by atoms with E-state index in [2.05, 4.69) is 0 Å². The Bertz CT molecular complexity index is 554. The molecule has 2 heterocycles. The standard InChI is InChI=1S/C15H18N2O4/c1-11-15(19)17(12-4-2-3-5-13(12)21-11)10-14(18)16-6-8-20-9-7-16/h2-5,11H,6-10H2,1H3/t11-/m0/s1. The van der Waals surface area contributed by atoms with E-state index in [1.165, 1.54) is 4.90 Å². The highest BCUT2D eigenvalue weighted by atomic mass is 16.5. The van der Waals surface area contributed by atoms with Gasteiger partial charge in [-0.3, -0.25) is 14.5 Å². The number of para-hydroxylation sites is 2. The molecule has 2 aliphatic heterocycles. The van der Waals surface area contributed by atoms with Crippen LogP contribution in [-0.2, 0) is 14.3 Å². The van der Waals surface area contributed by atoms with Crippen molar-refractivity contribution in [2.24, 2.45) is 0 Å². The van der Waals surface area contributed by atoms with E-state index in [-0.39, 0.29) is 18.4 Å². The number of carbonyl (C=O) groups excluding carboxylic acids is 2. The second-order valence-electron chi connectivity index (χ2n) is 5.15. The Hall–Kier alpha value is -2.08. The van der Waals surface area contributed by atoms with Crippen LogP contribution in [0.2, 0.25) is 0 Å². The molecule has 1 aromatic rings. The molecular formula is C15H18N2O4. The second kappa shape index (κ2) is 5.73. The van der Waals surface area contributed by atoms with Gasteiger partial charge in [0.25, 0.3) is 5.91 Å². The topological polar surface area (TPSA) is 59.1 Å². The monoisotopic (exact) mass is 290 g/mol. The summed E-state index contributed by atoms with van der Waals surface area (Å²) in [4.78, 5) is 27.9. The Labute approximate surface area is 123 Å². The van der Waals surface area contributed by atoms with Gasteiger partial charge < -0.3 is 14.4 Å². The van der Waals surface area contributed by atoms with Gasteiger partial charge in [-0.05, 0) is 19.1 Å². The number of ether oxygens (including phenoxy) is 2. The molecule has 3 rings (SSSR count). The first-order valence-electron chi connectivity index (χ1n) is 7.09. The van der Waals surface area contributed by atoms with Gasteiger partial charge in [-0.15, -0.1) is 0 Å². The lowest BCUT2D eigenvalue weighted by Crippen LogP contribution is -2.51. The average Bonchev–Trinajstić information content (AvgIpc) is 2.52. The van der Waals surface area contributed by atoms with Gasteiger partial charge in [0.15, 0.2) is 6.10 Å². The SMILES string of the molecule is C[C@@H]1Oc2ccccc2N(CC(=O)N2CCOCC2)C1=O. The number of benzene rings is 1. The van der Waals surface area contributed by atoms with Crippen molar-refractivity contribution in [3.8, 4) is 5.75 Å². The minimum Gasteiger partial charge on any atom is -0.479 e. The average molecular weight is 290 g/mol. The van der Waals surface area contributed by atoms with Crippen LogP contribution in [0.25, 0.3) is 0 Å². The van der Waals surface area contributed by atoms with Crippen LogP contribution in [0.4, 0.5) is 5.69 Å². The molecule has 0 aromatic heterocycles. The van der Waals surface area contributed by atoms with Crippen molar-refractivity contribution in [3.63, 3.8) is 0 Å². The van der Waals surface area contributed by atoms with Gasteiger partial charge >= 0.3 is 0 Å². The molecule has 1 saturated heterocycles. The first-order valence-corrected chi connectivity index (χ1v) is 7.09. The van der Waals surface area contributed by atoms with Gasteiger partial charge in [-0.2, -0.15) is 0 Å². The third-order valence-corrected chi connectivity index (χ3v) is 3.73. The quantitative estimate of drug-likeness (QED) is 0.803. The molecule has 6 nitrogen and oxygen atoms in total. The van der Waals surface area contributed by atoms with E-state index in [9.17, 15) is 9.59 Å². The Kier molecular flexibility index (Phi) is 3.79. The first kappa shape index (κ1) is 13.9. The van der Waals surface area contributed by atoms with Gasteiger partial charge in [0.2, 0.25) is 5.91 Å². The summed E-state index contributed by atoms with van der Waals surface area (Å²) < 4.78 is 10.8. The van der Waals surface area contributed by atoms with Crippen LogP contribution in [-0.4, -0.2) is 55.7 Å². The van der Waals surface area contributed by atoms with E-state index in [1.807, 2.05) is 18.2 Å². The van der Waals surface area contributed by atoms with Crippen molar-refractivity contribution in [3.05, 3.63) is 24.3 Å². The molecule has 2 amide bonds. The van der Waals surface area contributed by atoms with Crippen LogP contribution >= 0.6 is 0 Å². The van der Waals surface area contributed by atoms with E-state index in [4.69, 9.17) is 9.47 Å². The van der Waals surface area contributed by atoms with Crippen LogP contribution in [0, 0.1) is 0 Å². The number of amides is 2. The number of anilines is 1. The number of rotatable bonds is 2. The number of nitrogens with zero attached hydrogens (tertiary/aromatic N) is 2. The molecule has 0 saturated carbocycles. The molecule has 1 atom stereocenters. The molecule has 1 aromatic carbocycles. The summed E-state index contributed by atoms with van der Waals surface area (Å²) in [6.45, 7) is 4.00. The third-order valence-electron chi connectivity index (χ3n) is 3.73. The summed E-state index contributed by atoms with van der Waals surface area (Å²) in [5.74, 6) is 0.394. The fourth-order valence-electron chi connectivity index (χ4n) is 2.57. The Morgan fingerprint density at radius 3 is 2.76 bits per heavy atom. The number of fused-ring (bicyclic) bond motifs is 1. The predicted molar refractivity (Wildman–Crippen MR) is 76.3 cm³/mol. The number of carbonyl (C=O) groups is 2. The largest absolute Gasteiger partial charge is 0.479 e. The maximum absolute atomic E-state index is 12.4. The summed E-state index contributed by atoms with van der Waals surface area (Å²) in [7, 11) is 0. The maximum atomic E-state index is 12.4. The van der Waals surface area contributed by atoms with Crippen molar-refractivity contribution in [2.45, 2.75) is 13.0 Å². The van der Waals surface area contributed by atoms with E-state index in [1.54, 1.807) is 17.9 Å². The van der Waals surface area contributed by atoms with Gasteiger partial charge in [-0.25, -0.2) is 0 Å². The van der Waals surface area contributed by atoms with Crippen molar-refractivity contribution in [1.82, 2.24) is 4.90 Å². The highest BCUT2D eigenvalue weighted by Gasteiger charge is 2.33. The Morgan fingerprint density at radius 2 is 2.00 bits per heavy atom. The smallest absolute Gasteiger partial charge is 0.268 e. The van der Waals surface area contributed by atoms with E-state index in [0.29, 0.717) is 37.7 Å². The molecular weight excluding hydrogens is 272 g/mol. The summed E-state index contributed by atoms with van der Waals surface area (Å²) in [6, 6.07) is 7.29. The predicted octanol–water partition coefficient (Wildman–Crippen LogP) is 0.659. The zero-order chi connectivity index (χ0) is 14.8. The van der Waals surface area contributed by atoms with Gasteiger partial charge in [-0.1, -0.05) is 12.1 Å². The molecule has 0 bridgehead atoms. The summed E-state index contributed by atoms with van der Waals surface area (Å²) in [5, 5.41) is 0. The molecule has 0 unspecified atom stereocenters. The van der Waals surface area contributed by atoms with Crippen LogP contribution in [0.1, 0.15) is 6.92 Å². The van der Waals surface area contributed by atoms with Crippen LogP contribution in [0.3, 0.4) is 0 Å². The first-order chi connectivity index (χ1) is 10.2. The second-order valence-corrected chi connectivity index (χ2v) is 5.15. The fraction of sp³-hybridized carbons (Fsp3) is 0.467. The number of hydrogen-bond acceptors (Lipinski definition) is 4. The van der Waals surface area contributed by atoms with Crippen molar-refractivity contribution in [1.29, 1.82) is 0 Å². The highest BCUT2D eigenvalue weighted by molar-refractivity contribution is 6.03. The molecule has 112 valence electrons.